The number of aromatic amines is 1. The lowest BCUT2D eigenvalue weighted by molar-refractivity contribution is -0.0790. The van der Waals surface area contributed by atoms with Crippen molar-refractivity contribution in [3.8, 4) is 0 Å². The zero-order chi connectivity index (χ0) is 8.32. The fourth-order valence-electron chi connectivity index (χ4n) is 0.544. The van der Waals surface area contributed by atoms with Gasteiger partial charge in [-0.05, 0) is 12.1 Å². The first kappa shape index (κ1) is 7.84. The van der Waals surface area contributed by atoms with Crippen molar-refractivity contribution in [1.82, 2.24) is 10.2 Å². The van der Waals surface area contributed by atoms with Crippen LogP contribution in [0.2, 0.25) is 0 Å². The minimum Gasteiger partial charge on any atom is -0.278 e. The third-order valence-corrected chi connectivity index (χ3v) is 0.974. The summed E-state index contributed by atoms with van der Waals surface area (Å²) >= 11 is 0. The molecule has 0 amide bonds. The number of nitrogens with one attached hydrogen (secondary N) is 1. The molecule has 0 fully saturated rings. The lowest BCUT2D eigenvalue weighted by atomic mass is 10.4. The van der Waals surface area contributed by atoms with Crippen LogP contribution in [0.5, 0.6) is 0 Å². The van der Waals surface area contributed by atoms with Gasteiger partial charge in [-0.25, -0.2) is 0 Å². The van der Waals surface area contributed by atoms with E-state index in [4.69, 9.17) is 0 Å². The second-order valence-corrected chi connectivity index (χ2v) is 1.89. The maximum absolute atomic E-state index is 11.5. The van der Waals surface area contributed by atoms with E-state index in [1.54, 1.807) is 0 Å². The Kier molecular flexibility index (Phi) is 1.98. The first-order valence-corrected chi connectivity index (χ1v) is 2.83. The molecule has 2 nitrogen and oxygen atoms in total. The predicted octanol–water partition coefficient (Wildman–Crippen LogP) is 1.99. The molecule has 0 radical (unpaired) electrons. The summed E-state index contributed by atoms with van der Waals surface area (Å²) in [6.07, 6.45) is -1.80. The van der Waals surface area contributed by atoms with Crippen molar-refractivity contribution in [1.29, 1.82) is 0 Å². The van der Waals surface area contributed by atoms with E-state index >= 15 is 0 Å². The Bertz CT molecular complexity index is 235. The molecule has 1 aromatic heterocycles. The Morgan fingerprint density at radius 3 is 2.64 bits per heavy atom. The molecule has 0 bridgehead atoms. The van der Waals surface area contributed by atoms with E-state index in [9.17, 15) is 13.2 Å². The van der Waals surface area contributed by atoms with Gasteiger partial charge in [0, 0.05) is 12.3 Å². The fraction of sp³-hybridized carbons (Fsp3) is 0.167. The molecule has 0 atom stereocenters. The number of allylic oxidation sites excluding steroid dienone is 1. The molecular weight excluding hydrogens is 157 g/mol. The molecule has 1 heterocycles. The molecule has 0 aliphatic rings. The average Bonchev–Trinajstić information content (AvgIpc) is 2.32. The van der Waals surface area contributed by atoms with Crippen molar-refractivity contribution >= 4 is 6.08 Å². The maximum atomic E-state index is 11.5. The number of rotatable bonds is 1. The summed E-state index contributed by atoms with van der Waals surface area (Å²) in [7, 11) is 0. The number of hydrogen-bond acceptors (Lipinski definition) is 1. The summed E-state index contributed by atoms with van der Waals surface area (Å²) in [6, 6.07) is 1.45. The molecule has 0 spiro atoms. The van der Waals surface area contributed by atoms with Gasteiger partial charge in [0.25, 0.3) is 0 Å². The van der Waals surface area contributed by atoms with Crippen molar-refractivity contribution in [3.05, 3.63) is 24.0 Å². The second-order valence-electron chi connectivity index (χ2n) is 1.89. The summed E-state index contributed by atoms with van der Waals surface area (Å²) in [5, 5.41) is 5.85. The van der Waals surface area contributed by atoms with E-state index in [2.05, 4.69) is 10.2 Å². The topological polar surface area (TPSA) is 28.7 Å². The minimum atomic E-state index is -4.26. The number of nitrogens with zero attached hydrogens (tertiary/aromatic N) is 1. The Morgan fingerprint density at radius 1 is 1.45 bits per heavy atom. The maximum Gasteiger partial charge on any atom is 0.409 e. The van der Waals surface area contributed by atoms with E-state index in [1.807, 2.05) is 0 Å². The first-order valence-electron chi connectivity index (χ1n) is 2.83. The van der Waals surface area contributed by atoms with Gasteiger partial charge in [0.2, 0.25) is 0 Å². The van der Waals surface area contributed by atoms with Crippen molar-refractivity contribution in [3.63, 3.8) is 0 Å². The highest BCUT2D eigenvalue weighted by Crippen LogP contribution is 2.17. The highest BCUT2D eigenvalue weighted by atomic mass is 19.4. The number of H-pyrrole nitrogens is 1. The molecular formula is C6H5F3N2. The van der Waals surface area contributed by atoms with Crippen molar-refractivity contribution in [2.45, 2.75) is 6.18 Å². The summed E-state index contributed by atoms with van der Waals surface area (Å²) in [5.41, 5.74) is 0.335. The molecule has 0 unspecified atom stereocenters. The van der Waals surface area contributed by atoms with E-state index in [0.29, 0.717) is 5.69 Å². The molecule has 60 valence electrons. The lowest BCUT2D eigenvalue weighted by Gasteiger charge is -1.95. The van der Waals surface area contributed by atoms with Gasteiger partial charge in [0.05, 0.1) is 5.69 Å². The Labute approximate surface area is 60.7 Å². The van der Waals surface area contributed by atoms with E-state index in [-0.39, 0.29) is 6.08 Å². The number of alkyl halides is 3. The Hall–Kier alpha value is -1.26. The quantitative estimate of drug-likeness (QED) is 0.672. The van der Waals surface area contributed by atoms with E-state index in [1.165, 1.54) is 12.3 Å². The van der Waals surface area contributed by atoms with Crippen LogP contribution in [-0.4, -0.2) is 16.4 Å². The third-order valence-electron chi connectivity index (χ3n) is 0.974. The molecule has 0 saturated heterocycles. The van der Waals surface area contributed by atoms with Gasteiger partial charge in [-0.2, -0.15) is 18.3 Å². The van der Waals surface area contributed by atoms with Crippen molar-refractivity contribution in [2.75, 3.05) is 0 Å². The lowest BCUT2D eigenvalue weighted by Crippen LogP contribution is -2.00. The van der Waals surface area contributed by atoms with Gasteiger partial charge in [0.1, 0.15) is 0 Å². The molecule has 0 aliphatic heterocycles. The van der Waals surface area contributed by atoms with Gasteiger partial charge in [-0.1, -0.05) is 0 Å². The normalized spacial score (nSPS) is 12.6. The minimum absolute atomic E-state index is 0.153. The van der Waals surface area contributed by atoms with Gasteiger partial charge < -0.3 is 0 Å². The van der Waals surface area contributed by atoms with Crippen molar-refractivity contribution < 1.29 is 13.2 Å². The SMILES string of the molecule is FC(F)(F)C=Cc1ccn[nH]1. The first-order chi connectivity index (χ1) is 5.08. The summed E-state index contributed by atoms with van der Waals surface area (Å²) in [6.45, 7) is 0. The second kappa shape index (κ2) is 2.77. The fourth-order valence-corrected chi connectivity index (χ4v) is 0.544. The monoisotopic (exact) mass is 162 g/mol. The number of hydrogen-bond donors (Lipinski definition) is 1. The number of halogens is 3. The summed E-state index contributed by atoms with van der Waals surface area (Å²) < 4.78 is 34.6. The molecule has 1 rings (SSSR count). The predicted molar refractivity (Wildman–Crippen MR) is 33.7 cm³/mol. The zero-order valence-electron chi connectivity index (χ0n) is 5.39. The number of aromatic nitrogens is 2. The van der Waals surface area contributed by atoms with Crippen LogP contribution >= 0.6 is 0 Å². The van der Waals surface area contributed by atoms with E-state index in [0.717, 1.165) is 6.08 Å². The van der Waals surface area contributed by atoms with Crippen molar-refractivity contribution in [2.24, 2.45) is 0 Å². The third kappa shape index (κ3) is 2.88. The molecule has 5 heteroatoms. The van der Waals surface area contributed by atoms with Crippen LogP contribution in [0.25, 0.3) is 6.08 Å². The summed E-state index contributed by atoms with van der Waals surface area (Å²) in [5.74, 6) is 0. The van der Waals surface area contributed by atoms with Gasteiger partial charge in [0.15, 0.2) is 0 Å². The zero-order valence-corrected chi connectivity index (χ0v) is 5.39. The molecule has 1 aromatic rings. The van der Waals surface area contributed by atoms with Crippen LogP contribution in [0.3, 0.4) is 0 Å². The summed E-state index contributed by atoms with van der Waals surface area (Å²) in [4.78, 5) is 0. The van der Waals surface area contributed by atoms with Crippen LogP contribution in [0.1, 0.15) is 5.69 Å². The van der Waals surface area contributed by atoms with Gasteiger partial charge >= 0.3 is 6.18 Å². The van der Waals surface area contributed by atoms with Crippen LogP contribution in [0, 0.1) is 0 Å². The van der Waals surface area contributed by atoms with E-state index < -0.39 is 6.18 Å². The standard InChI is InChI=1S/C6H5F3N2/c7-6(8,9)3-1-5-2-4-10-11-5/h1-4H,(H,10,11). The van der Waals surface area contributed by atoms with Crippen LogP contribution in [-0.2, 0) is 0 Å². The van der Waals surface area contributed by atoms with Crippen LogP contribution in [0.15, 0.2) is 18.3 Å². The Balaban J connectivity index is 2.63. The van der Waals surface area contributed by atoms with Gasteiger partial charge in [-0.3, -0.25) is 5.10 Å². The highest BCUT2D eigenvalue weighted by molar-refractivity contribution is 5.43. The molecule has 0 aromatic carbocycles. The van der Waals surface area contributed by atoms with Crippen LogP contribution < -0.4 is 0 Å². The molecule has 11 heavy (non-hydrogen) atoms. The molecule has 0 saturated carbocycles. The van der Waals surface area contributed by atoms with Crippen LogP contribution in [0.4, 0.5) is 13.2 Å². The largest absolute Gasteiger partial charge is 0.409 e. The molecule has 0 aliphatic carbocycles. The average molecular weight is 162 g/mol. The van der Waals surface area contributed by atoms with Gasteiger partial charge in [-0.15, -0.1) is 0 Å². The molecule has 1 N–H and O–H groups in total. The smallest absolute Gasteiger partial charge is 0.278 e. The Morgan fingerprint density at radius 2 is 2.18 bits per heavy atom. The highest BCUT2D eigenvalue weighted by Gasteiger charge is 2.21.